The van der Waals surface area contributed by atoms with Gasteiger partial charge in [0.05, 0.1) is 0 Å². The summed E-state index contributed by atoms with van der Waals surface area (Å²) in [6, 6.07) is 0.451. The van der Waals surface area contributed by atoms with Crippen LogP contribution in [0.2, 0.25) is 0 Å². The van der Waals surface area contributed by atoms with Crippen LogP contribution in [0.3, 0.4) is 0 Å². The van der Waals surface area contributed by atoms with E-state index in [4.69, 9.17) is 0 Å². The summed E-state index contributed by atoms with van der Waals surface area (Å²) in [7, 11) is 0. The van der Waals surface area contributed by atoms with E-state index in [1.165, 1.54) is 6.42 Å². The van der Waals surface area contributed by atoms with Gasteiger partial charge in [0.1, 0.15) is 0 Å². The van der Waals surface area contributed by atoms with Gasteiger partial charge in [-0.1, -0.05) is 0 Å². The first kappa shape index (κ1) is 11.7. The number of aryl methyl sites for hydroxylation is 1. The predicted octanol–water partition coefficient (Wildman–Crippen LogP) is 0.451. The molecule has 0 saturated carbocycles. The Morgan fingerprint density at radius 1 is 1.50 bits per heavy atom. The van der Waals surface area contributed by atoms with Gasteiger partial charge in [0, 0.05) is 44.6 Å². The Bertz CT molecular complexity index is 484. The molecule has 0 bridgehead atoms. The van der Waals surface area contributed by atoms with Crippen LogP contribution in [0.5, 0.6) is 0 Å². The fourth-order valence-corrected chi connectivity index (χ4v) is 3.21. The summed E-state index contributed by atoms with van der Waals surface area (Å²) in [5, 5.41) is 3.43. The molecule has 5 nitrogen and oxygen atoms in total. The summed E-state index contributed by atoms with van der Waals surface area (Å²) in [4.78, 5) is 18.9. The smallest absolute Gasteiger partial charge is 0.293 e. The zero-order chi connectivity index (χ0) is 12.5. The van der Waals surface area contributed by atoms with Gasteiger partial charge < -0.3 is 14.8 Å². The summed E-state index contributed by atoms with van der Waals surface area (Å²) >= 11 is 0. The molecule has 0 radical (unpaired) electrons. The third-order valence-electron chi connectivity index (χ3n) is 4.19. The zero-order valence-electron chi connectivity index (χ0n) is 10.8. The van der Waals surface area contributed by atoms with Crippen LogP contribution >= 0.6 is 0 Å². The van der Waals surface area contributed by atoms with Gasteiger partial charge in [-0.25, -0.2) is 4.98 Å². The van der Waals surface area contributed by atoms with Crippen molar-refractivity contribution in [3.63, 3.8) is 0 Å². The molecule has 0 aromatic carbocycles. The number of piperidine rings is 1. The van der Waals surface area contributed by atoms with Crippen LogP contribution in [-0.4, -0.2) is 35.2 Å². The van der Waals surface area contributed by atoms with Crippen LogP contribution in [0.25, 0.3) is 0 Å². The maximum absolute atomic E-state index is 12.3. The summed E-state index contributed by atoms with van der Waals surface area (Å²) in [5.41, 5.74) is 0.0487. The molecule has 2 aliphatic rings. The van der Waals surface area contributed by atoms with E-state index in [2.05, 4.69) is 15.2 Å². The maximum atomic E-state index is 12.3. The lowest BCUT2D eigenvalue weighted by atomic mass is 9.92. The summed E-state index contributed by atoms with van der Waals surface area (Å²) in [6.07, 6.45) is 5.93. The number of nitrogens with zero attached hydrogens (tertiary/aromatic N) is 3. The lowest BCUT2D eigenvalue weighted by Gasteiger charge is -2.37. The minimum Gasteiger partial charge on any atom is -0.347 e. The van der Waals surface area contributed by atoms with Gasteiger partial charge in [-0.15, -0.1) is 0 Å². The standard InChI is InChI=1S/C13H20N4O/c1-2-16-7-5-15-12(13(16)18)17-6-3-4-10-8-14-9-11(10)17/h5,7,10-11,14H,2-4,6,8-9H2,1H3. The van der Waals surface area contributed by atoms with Crippen molar-refractivity contribution in [3.05, 3.63) is 22.7 Å². The van der Waals surface area contributed by atoms with E-state index < -0.39 is 0 Å². The molecule has 2 atom stereocenters. The van der Waals surface area contributed by atoms with Crippen molar-refractivity contribution in [2.75, 3.05) is 24.5 Å². The first-order valence-electron chi connectivity index (χ1n) is 6.84. The van der Waals surface area contributed by atoms with E-state index in [0.717, 1.165) is 26.1 Å². The average molecular weight is 248 g/mol. The highest BCUT2D eigenvalue weighted by molar-refractivity contribution is 5.39. The minimum absolute atomic E-state index is 0.0487. The van der Waals surface area contributed by atoms with Crippen molar-refractivity contribution in [2.24, 2.45) is 5.92 Å². The Labute approximate surface area is 107 Å². The molecule has 1 N–H and O–H groups in total. The molecule has 1 aromatic heterocycles. The Morgan fingerprint density at radius 3 is 3.22 bits per heavy atom. The minimum atomic E-state index is 0.0487. The van der Waals surface area contributed by atoms with Gasteiger partial charge in [-0.3, -0.25) is 4.79 Å². The number of nitrogens with one attached hydrogen (secondary N) is 1. The van der Waals surface area contributed by atoms with E-state index in [1.807, 2.05) is 6.92 Å². The van der Waals surface area contributed by atoms with Gasteiger partial charge in [-0.05, 0) is 25.7 Å². The number of rotatable bonds is 2. The molecule has 0 amide bonds. The SMILES string of the molecule is CCn1ccnc(N2CCCC3CNCC32)c1=O. The fourth-order valence-electron chi connectivity index (χ4n) is 3.21. The zero-order valence-corrected chi connectivity index (χ0v) is 10.8. The van der Waals surface area contributed by atoms with E-state index in [0.29, 0.717) is 24.3 Å². The molecular formula is C13H20N4O. The molecule has 5 heteroatoms. The van der Waals surface area contributed by atoms with Crippen LogP contribution in [-0.2, 0) is 6.54 Å². The van der Waals surface area contributed by atoms with Gasteiger partial charge >= 0.3 is 0 Å². The quantitative estimate of drug-likeness (QED) is 0.825. The van der Waals surface area contributed by atoms with E-state index in [9.17, 15) is 4.79 Å². The number of hydrogen-bond donors (Lipinski definition) is 1. The summed E-state index contributed by atoms with van der Waals surface area (Å²) in [6.45, 7) is 5.71. The van der Waals surface area contributed by atoms with Gasteiger partial charge in [0.15, 0.2) is 5.82 Å². The second kappa shape index (κ2) is 4.72. The monoisotopic (exact) mass is 248 g/mol. The molecule has 0 aliphatic carbocycles. The number of hydrogen-bond acceptors (Lipinski definition) is 4. The second-order valence-electron chi connectivity index (χ2n) is 5.16. The van der Waals surface area contributed by atoms with Crippen LogP contribution in [0.4, 0.5) is 5.82 Å². The Balaban J connectivity index is 1.96. The molecule has 2 unspecified atom stereocenters. The second-order valence-corrected chi connectivity index (χ2v) is 5.16. The van der Waals surface area contributed by atoms with Crippen molar-refractivity contribution in [2.45, 2.75) is 32.4 Å². The van der Waals surface area contributed by atoms with Gasteiger partial charge in [0.2, 0.25) is 0 Å². The van der Waals surface area contributed by atoms with Crippen molar-refractivity contribution < 1.29 is 0 Å². The Kier molecular flexibility index (Phi) is 3.07. The highest BCUT2D eigenvalue weighted by Gasteiger charge is 2.36. The average Bonchev–Trinajstić information content (AvgIpc) is 2.87. The van der Waals surface area contributed by atoms with Crippen molar-refractivity contribution in [1.82, 2.24) is 14.9 Å². The van der Waals surface area contributed by atoms with Crippen LogP contribution < -0.4 is 15.8 Å². The molecule has 2 saturated heterocycles. The van der Waals surface area contributed by atoms with E-state index >= 15 is 0 Å². The van der Waals surface area contributed by atoms with E-state index in [1.54, 1.807) is 17.0 Å². The third-order valence-corrected chi connectivity index (χ3v) is 4.19. The maximum Gasteiger partial charge on any atom is 0.293 e. The Morgan fingerprint density at radius 2 is 2.39 bits per heavy atom. The normalized spacial score (nSPS) is 27.3. The lowest BCUT2D eigenvalue weighted by molar-refractivity contribution is 0.381. The summed E-state index contributed by atoms with van der Waals surface area (Å²) < 4.78 is 1.73. The molecule has 2 aliphatic heterocycles. The molecule has 3 rings (SSSR count). The highest BCUT2D eigenvalue weighted by Crippen LogP contribution is 2.28. The van der Waals surface area contributed by atoms with Crippen molar-refractivity contribution >= 4 is 5.82 Å². The largest absolute Gasteiger partial charge is 0.347 e. The topological polar surface area (TPSA) is 50.2 Å². The third kappa shape index (κ3) is 1.82. The molecule has 1 aromatic rings. The van der Waals surface area contributed by atoms with Crippen LogP contribution in [0.1, 0.15) is 19.8 Å². The number of anilines is 1. The summed E-state index contributed by atoms with van der Waals surface area (Å²) in [5.74, 6) is 1.31. The molecule has 3 heterocycles. The number of fused-ring (bicyclic) bond motifs is 1. The molecule has 18 heavy (non-hydrogen) atoms. The van der Waals surface area contributed by atoms with Gasteiger partial charge in [0.25, 0.3) is 5.56 Å². The lowest BCUT2D eigenvalue weighted by Crippen LogP contribution is -2.48. The van der Waals surface area contributed by atoms with E-state index in [-0.39, 0.29) is 5.56 Å². The number of aromatic nitrogens is 2. The fraction of sp³-hybridized carbons (Fsp3) is 0.692. The first-order chi connectivity index (χ1) is 8.81. The molecule has 2 fully saturated rings. The van der Waals surface area contributed by atoms with Crippen molar-refractivity contribution in [3.8, 4) is 0 Å². The highest BCUT2D eigenvalue weighted by atomic mass is 16.1. The van der Waals surface area contributed by atoms with Crippen LogP contribution in [0, 0.1) is 5.92 Å². The first-order valence-corrected chi connectivity index (χ1v) is 6.84. The van der Waals surface area contributed by atoms with Crippen LogP contribution in [0.15, 0.2) is 17.2 Å². The molecule has 98 valence electrons. The molecular weight excluding hydrogens is 228 g/mol. The van der Waals surface area contributed by atoms with Crippen molar-refractivity contribution in [1.29, 1.82) is 0 Å². The predicted molar refractivity (Wildman–Crippen MR) is 70.9 cm³/mol. The van der Waals surface area contributed by atoms with Gasteiger partial charge in [-0.2, -0.15) is 0 Å². The Hall–Kier alpha value is -1.36. The molecule has 0 spiro atoms.